The Morgan fingerprint density at radius 1 is 0.900 bits per heavy atom. The smallest absolute Gasteiger partial charge is 0.338 e. The molecular weight excluding hydrogens is 378 g/mol. The molecule has 0 fully saturated rings. The van der Waals surface area contributed by atoms with Crippen molar-refractivity contribution in [3.63, 3.8) is 0 Å². The number of hydrogen-bond donors (Lipinski definition) is 1. The summed E-state index contributed by atoms with van der Waals surface area (Å²) in [6.45, 7) is -0.241. The van der Waals surface area contributed by atoms with Crippen molar-refractivity contribution in [3.05, 3.63) is 101 Å². The number of nitrogens with one attached hydrogen (secondary N) is 1. The van der Waals surface area contributed by atoms with Gasteiger partial charge in [0.25, 0.3) is 5.91 Å². The molecule has 0 bridgehead atoms. The zero-order valence-electron chi connectivity index (χ0n) is 16.3. The minimum absolute atomic E-state index is 0.122. The molecule has 150 valence electrons. The topological polar surface area (TPSA) is 64.6 Å². The van der Waals surface area contributed by atoms with Crippen molar-refractivity contribution in [1.29, 1.82) is 0 Å². The number of carbonyl (C=O) groups excluding carboxylic acids is 2. The Bertz CT molecular complexity index is 1090. The molecule has 1 heterocycles. The van der Waals surface area contributed by atoms with Crippen LogP contribution < -0.4 is 10.1 Å². The van der Waals surface area contributed by atoms with Crippen LogP contribution in [0.1, 0.15) is 16.7 Å². The fourth-order valence-corrected chi connectivity index (χ4v) is 3.26. The van der Waals surface area contributed by atoms with Gasteiger partial charge in [-0.1, -0.05) is 66.7 Å². The lowest BCUT2D eigenvalue weighted by molar-refractivity contribution is -0.143. The molecule has 0 saturated heterocycles. The highest BCUT2D eigenvalue weighted by Gasteiger charge is 2.19. The maximum absolute atomic E-state index is 12.4. The van der Waals surface area contributed by atoms with Crippen molar-refractivity contribution in [2.75, 3.05) is 18.5 Å². The first kappa shape index (κ1) is 19.5. The SMILES string of the molecule is O=C(COC(=O)C1=Cc2ccccc2OC1)Nc1ccccc1Cc1ccccc1. The van der Waals surface area contributed by atoms with Crippen molar-refractivity contribution < 1.29 is 19.1 Å². The summed E-state index contributed by atoms with van der Waals surface area (Å²) < 4.78 is 10.8. The van der Waals surface area contributed by atoms with Gasteiger partial charge in [-0.2, -0.15) is 0 Å². The zero-order chi connectivity index (χ0) is 20.8. The third-order valence-electron chi connectivity index (χ3n) is 4.76. The van der Waals surface area contributed by atoms with Gasteiger partial charge in [-0.3, -0.25) is 4.79 Å². The van der Waals surface area contributed by atoms with Gasteiger partial charge >= 0.3 is 5.97 Å². The Balaban J connectivity index is 1.36. The predicted molar refractivity (Wildman–Crippen MR) is 115 cm³/mol. The summed E-state index contributed by atoms with van der Waals surface area (Å²) in [5.74, 6) is -0.222. The number of rotatable bonds is 6. The fourth-order valence-electron chi connectivity index (χ4n) is 3.26. The van der Waals surface area contributed by atoms with Crippen molar-refractivity contribution in [1.82, 2.24) is 0 Å². The molecule has 5 nitrogen and oxygen atoms in total. The average Bonchev–Trinajstić information content (AvgIpc) is 2.79. The van der Waals surface area contributed by atoms with Crippen LogP contribution in [-0.4, -0.2) is 25.1 Å². The summed E-state index contributed by atoms with van der Waals surface area (Å²) >= 11 is 0. The molecule has 0 aromatic heterocycles. The van der Waals surface area contributed by atoms with Crippen LogP contribution in [-0.2, 0) is 20.7 Å². The maximum atomic E-state index is 12.4. The Morgan fingerprint density at radius 2 is 1.63 bits per heavy atom. The molecule has 0 spiro atoms. The van der Waals surface area contributed by atoms with Crippen LogP contribution in [0.2, 0.25) is 0 Å². The molecule has 1 aliphatic heterocycles. The molecule has 0 saturated carbocycles. The third kappa shape index (κ3) is 4.75. The first-order chi connectivity index (χ1) is 14.7. The van der Waals surface area contributed by atoms with Gasteiger partial charge in [0.05, 0.1) is 5.57 Å². The van der Waals surface area contributed by atoms with Gasteiger partial charge in [0.2, 0.25) is 0 Å². The summed E-state index contributed by atoms with van der Waals surface area (Å²) in [4.78, 5) is 24.7. The predicted octanol–water partition coefficient (Wildman–Crippen LogP) is 4.24. The molecule has 1 N–H and O–H groups in total. The highest BCUT2D eigenvalue weighted by molar-refractivity contribution is 5.98. The van der Waals surface area contributed by atoms with Crippen LogP contribution in [0, 0.1) is 0 Å². The normalized spacial score (nSPS) is 12.2. The van der Waals surface area contributed by atoms with E-state index in [0.717, 1.165) is 22.4 Å². The second-order valence-electron chi connectivity index (χ2n) is 6.94. The average molecular weight is 399 g/mol. The maximum Gasteiger partial charge on any atom is 0.338 e. The Kier molecular flexibility index (Phi) is 5.90. The Hall–Kier alpha value is -3.86. The fraction of sp³-hybridized carbons (Fsp3) is 0.120. The van der Waals surface area contributed by atoms with Crippen molar-refractivity contribution in [2.45, 2.75) is 6.42 Å². The van der Waals surface area contributed by atoms with Gasteiger partial charge in [0.1, 0.15) is 12.4 Å². The lowest BCUT2D eigenvalue weighted by Gasteiger charge is -2.17. The summed E-state index contributed by atoms with van der Waals surface area (Å²) in [6, 6.07) is 25.1. The van der Waals surface area contributed by atoms with E-state index >= 15 is 0 Å². The number of benzene rings is 3. The van der Waals surface area contributed by atoms with E-state index < -0.39 is 5.97 Å². The number of carbonyl (C=O) groups is 2. The van der Waals surface area contributed by atoms with Crippen molar-refractivity contribution in [3.8, 4) is 5.75 Å². The second-order valence-corrected chi connectivity index (χ2v) is 6.94. The van der Waals surface area contributed by atoms with E-state index in [-0.39, 0.29) is 19.1 Å². The lowest BCUT2D eigenvalue weighted by Crippen LogP contribution is -2.24. The van der Waals surface area contributed by atoms with Gasteiger partial charge in [-0.15, -0.1) is 0 Å². The standard InChI is InChI=1S/C25H21NO4/c27-24(17-30-25(28)21-15-20-11-5-7-13-23(20)29-16-21)26-22-12-6-4-10-19(22)14-18-8-2-1-3-9-18/h1-13,15H,14,16-17H2,(H,26,27). The zero-order valence-corrected chi connectivity index (χ0v) is 16.3. The summed E-state index contributed by atoms with van der Waals surface area (Å²) in [6.07, 6.45) is 2.43. The quantitative estimate of drug-likeness (QED) is 0.630. The van der Waals surface area contributed by atoms with Gasteiger partial charge in [-0.05, 0) is 35.8 Å². The number of para-hydroxylation sites is 2. The second kappa shape index (κ2) is 9.09. The number of esters is 1. The Morgan fingerprint density at radius 3 is 2.50 bits per heavy atom. The van der Waals surface area contributed by atoms with Crippen LogP contribution in [0.25, 0.3) is 6.08 Å². The van der Waals surface area contributed by atoms with Crippen LogP contribution in [0.3, 0.4) is 0 Å². The van der Waals surface area contributed by atoms with E-state index in [1.165, 1.54) is 0 Å². The van der Waals surface area contributed by atoms with Gasteiger partial charge in [0, 0.05) is 11.3 Å². The molecule has 1 amide bonds. The van der Waals surface area contributed by atoms with E-state index in [9.17, 15) is 9.59 Å². The van der Waals surface area contributed by atoms with Gasteiger partial charge in [0.15, 0.2) is 6.61 Å². The molecule has 5 heteroatoms. The van der Waals surface area contributed by atoms with Gasteiger partial charge < -0.3 is 14.8 Å². The minimum Gasteiger partial charge on any atom is -0.488 e. The third-order valence-corrected chi connectivity index (χ3v) is 4.76. The van der Waals surface area contributed by atoms with E-state index in [4.69, 9.17) is 9.47 Å². The molecule has 0 atom stereocenters. The molecule has 4 rings (SSSR count). The van der Waals surface area contributed by atoms with Crippen LogP contribution in [0.5, 0.6) is 5.75 Å². The number of amides is 1. The Labute approximate surface area is 175 Å². The molecule has 3 aromatic rings. The van der Waals surface area contributed by atoms with E-state index in [1.54, 1.807) is 6.08 Å². The molecule has 3 aromatic carbocycles. The number of ether oxygens (including phenoxy) is 2. The molecule has 0 radical (unpaired) electrons. The summed E-state index contributed by atoms with van der Waals surface area (Å²) in [5, 5.41) is 2.84. The van der Waals surface area contributed by atoms with Crippen molar-refractivity contribution >= 4 is 23.6 Å². The number of hydrogen-bond acceptors (Lipinski definition) is 4. The van der Waals surface area contributed by atoms with Gasteiger partial charge in [-0.25, -0.2) is 4.79 Å². The molecule has 0 unspecified atom stereocenters. The van der Waals surface area contributed by atoms with Crippen LogP contribution >= 0.6 is 0 Å². The first-order valence-corrected chi connectivity index (χ1v) is 9.70. The molecule has 0 aliphatic carbocycles. The van der Waals surface area contributed by atoms with E-state index in [1.807, 2.05) is 78.9 Å². The highest BCUT2D eigenvalue weighted by atomic mass is 16.5. The van der Waals surface area contributed by atoms with Crippen molar-refractivity contribution in [2.24, 2.45) is 0 Å². The molecule has 1 aliphatic rings. The van der Waals surface area contributed by atoms with Crippen LogP contribution in [0.15, 0.2) is 84.4 Å². The highest BCUT2D eigenvalue weighted by Crippen LogP contribution is 2.26. The summed E-state index contributed by atoms with van der Waals surface area (Å²) in [5.41, 5.74) is 4.04. The molecular formula is C25H21NO4. The number of fused-ring (bicyclic) bond motifs is 1. The van der Waals surface area contributed by atoms with Crippen LogP contribution in [0.4, 0.5) is 5.69 Å². The monoisotopic (exact) mass is 399 g/mol. The molecule has 30 heavy (non-hydrogen) atoms. The lowest BCUT2D eigenvalue weighted by atomic mass is 10.0. The first-order valence-electron chi connectivity index (χ1n) is 9.70. The summed E-state index contributed by atoms with van der Waals surface area (Å²) in [7, 11) is 0. The number of anilines is 1. The van der Waals surface area contributed by atoms with E-state index in [0.29, 0.717) is 17.7 Å². The van der Waals surface area contributed by atoms with E-state index in [2.05, 4.69) is 5.32 Å². The largest absolute Gasteiger partial charge is 0.488 e. The minimum atomic E-state index is -0.558.